The number of halogens is 1. The van der Waals surface area contributed by atoms with Crippen molar-refractivity contribution in [3.63, 3.8) is 0 Å². The standard InChI is InChI=1S/C17H27N3O.HI/c1-13-5-7-15(8-6-13)14(2)9-19-16(18-4)20-10-17(3)11-21-12-17;/h5-8,14H,9-12H2,1-4H3,(H2,18,19,20);1H. The van der Waals surface area contributed by atoms with E-state index in [1.165, 1.54) is 11.1 Å². The lowest BCUT2D eigenvalue weighted by Gasteiger charge is -2.38. The SMILES string of the molecule is CN=C(NCC(C)c1ccc(C)cc1)NCC1(C)COC1.I. The van der Waals surface area contributed by atoms with Crippen LogP contribution in [0.2, 0.25) is 0 Å². The molecule has 1 aromatic rings. The maximum atomic E-state index is 5.27. The van der Waals surface area contributed by atoms with E-state index < -0.39 is 0 Å². The molecule has 1 saturated heterocycles. The summed E-state index contributed by atoms with van der Waals surface area (Å²) in [5.74, 6) is 1.31. The lowest BCUT2D eigenvalue weighted by atomic mass is 9.89. The van der Waals surface area contributed by atoms with Crippen LogP contribution >= 0.6 is 24.0 Å². The Labute approximate surface area is 151 Å². The number of benzene rings is 1. The van der Waals surface area contributed by atoms with Crippen LogP contribution in [0.4, 0.5) is 0 Å². The second kappa shape index (κ2) is 8.72. The summed E-state index contributed by atoms with van der Waals surface area (Å²) in [4.78, 5) is 4.28. The predicted molar refractivity (Wildman–Crippen MR) is 103 cm³/mol. The van der Waals surface area contributed by atoms with E-state index in [1.54, 1.807) is 0 Å². The zero-order chi connectivity index (χ0) is 15.3. The van der Waals surface area contributed by atoms with Crippen LogP contribution in [0.15, 0.2) is 29.3 Å². The van der Waals surface area contributed by atoms with Crippen molar-refractivity contribution < 1.29 is 4.74 Å². The van der Waals surface area contributed by atoms with Gasteiger partial charge in [-0.05, 0) is 18.4 Å². The summed E-state index contributed by atoms with van der Waals surface area (Å²) in [6.45, 7) is 10.00. The molecule has 1 aromatic carbocycles. The van der Waals surface area contributed by atoms with Crippen LogP contribution < -0.4 is 10.6 Å². The number of guanidine groups is 1. The summed E-state index contributed by atoms with van der Waals surface area (Å²) in [6.07, 6.45) is 0. The number of rotatable bonds is 5. The van der Waals surface area contributed by atoms with E-state index >= 15 is 0 Å². The number of aliphatic imine (C=N–C) groups is 1. The fourth-order valence-corrected chi connectivity index (χ4v) is 2.33. The molecule has 5 heteroatoms. The maximum Gasteiger partial charge on any atom is 0.191 e. The van der Waals surface area contributed by atoms with E-state index in [2.05, 4.69) is 60.7 Å². The van der Waals surface area contributed by atoms with Crippen LogP contribution in [-0.4, -0.2) is 39.3 Å². The first-order chi connectivity index (χ1) is 10.0. The molecule has 1 fully saturated rings. The molecule has 0 spiro atoms. The Morgan fingerprint density at radius 2 is 1.91 bits per heavy atom. The molecule has 0 radical (unpaired) electrons. The van der Waals surface area contributed by atoms with Crippen molar-refractivity contribution >= 4 is 29.9 Å². The Balaban J connectivity index is 0.00000242. The Kier molecular flexibility index (Phi) is 7.62. The molecular weight excluding hydrogens is 389 g/mol. The Morgan fingerprint density at radius 3 is 2.41 bits per heavy atom. The third-order valence-corrected chi connectivity index (χ3v) is 4.03. The quantitative estimate of drug-likeness (QED) is 0.440. The predicted octanol–water partition coefficient (Wildman–Crippen LogP) is 2.92. The van der Waals surface area contributed by atoms with Gasteiger partial charge in [0.15, 0.2) is 5.96 Å². The molecule has 1 heterocycles. The van der Waals surface area contributed by atoms with E-state index in [4.69, 9.17) is 4.74 Å². The molecule has 1 aliphatic heterocycles. The van der Waals surface area contributed by atoms with E-state index in [0.29, 0.717) is 5.92 Å². The first-order valence-electron chi connectivity index (χ1n) is 7.61. The number of hydrogen-bond donors (Lipinski definition) is 2. The smallest absolute Gasteiger partial charge is 0.191 e. The highest BCUT2D eigenvalue weighted by Crippen LogP contribution is 2.24. The van der Waals surface area contributed by atoms with E-state index in [0.717, 1.165) is 32.3 Å². The van der Waals surface area contributed by atoms with Gasteiger partial charge in [-0.2, -0.15) is 0 Å². The monoisotopic (exact) mass is 417 g/mol. The van der Waals surface area contributed by atoms with Crippen LogP contribution in [0.3, 0.4) is 0 Å². The van der Waals surface area contributed by atoms with Gasteiger partial charge in [0, 0.05) is 25.6 Å². The zero-order valence-electron chi connectivity index (χ0n) is 14.0. The molecule has 4 nitrogen and oxygen atoms in total. The first-order valence-corrected chi connectivity index (χ1v) is 7.61. The second-order valence-electron chi connectivity index (χ2n) is 6.42. The van der Waals surface area contributed by atoms with Crippen molar-refractivity contribution in [3.05, 3.63) is 35.4 Å². The maximum absolute atomic E-state index is 5.27. The summed E-state index contributed by atoms with van der Waals surface area (Å²) < 4.78 is 5.27. The van der Waals surface area contributed by atoms with E-state index in [-0.39, 0.29) is 29.4 Å². The fraction of sp³-hybridized carbons (Fsp3) is 0.588. The third kappa shape index (κ3) is 5.43. The molecular formula is C17H28IN3O. The molecule has 0 aromatic heterocycles. The fourth-order valence-electron chi connectivity index (χ4n) is 2.33. The average molecular weight is 417 g/mol. The van der Waals surface area contributed by atoms with Gasteiger partial charge in [-0.25, -0.2) is 0 Å². The third-order valence-electron chi connectivity index (χ3n) is 4.03. The molecule has 1 aliphatic rings. The van der Waals surface area contributed by atoms with Crippen molar-refractivity contribution in [2.45, 2.75) is 26.7 Å². The molecule has 0 aliphatic carbocycles. The van der Waals surface area contributed by atoms with Gasteiger partial charge in [0.1, 0.15) is 0 Å². The molecule has 1 unspecified atom stereocenters. The lowest BCUT2D eigenvalue weighted by Crippen LogP contribution is -2.51. The summed E-state index contributed by atoms with van der Waals surface area (Å²) in [5.41, 5.74) is 2.90. The minimum absolute atomic E-state index is 0. The molecule has 2 N–H and O–H groups in total. The van der Waals surface area contributed by atoms with Crippen LogP contribution in [0.5, 0.6) is 0 Å². The number of nitrogens with zero attached hydrogens (tertiary/aromatic N) is 1. The van der Waals surface area contributed by atoms with Gasteiger partial charge in [-0.1, -0.05) is 43.7 Å². The largest absolute Gasteiger partial charge is 0.380 e. The lowest BCUT2D eigenvalue weighted by molar-refractivity contribution is -0.0971. The van der Waals surface area contributed by atoms with Crippen LogP contribution in [0, 0.1) is 12.3 Å². The molecule has 0 bridgehead atoms. The van der Waals surface area contributed by atoms with Crippen LogP contribution in [0.1, 0.15) is 30.9 Å². The van der Waals surface area contributed by atoms with Crippen LogP contribution in [0.25, 0.3) is 0 Å². The van der Waals surface area contributed by atoms with Crippen molar-refractivity contribution in [1.29, 1.82) is 0 Å². The van der Waals surface area contributed by atoms with Gasteiger partial charge in [0.25, 0.3) is 0 Å². The average Bonchev–Trinajstić information content (AvgIpc) is 2.46. The van der Waals surface area contributed by atoms with Crippen molar-refractivity contribution in [2.75, 3.05) is 33.4 Å². The molecule has 2 rings (SSSR count). The number of aryl methyl sites for hydroxylation is 1. The highest BCUT2D eigenvalue weighted by atomic mass is 127. The Bertz CT molecular complexity index is 483. The van der Waals surface area contributed by atoms with Gasteiger partial charge in [0.05, 0.1) is 13.2 Å². The summed E-state index contributed by atoms with van der Waals surface area (Å²) in [7, 11) is 1.81. The van der Waals surface area contributed by atoms with E-state index in [1.807, 2.05) is 7.05 Å². The molecule has 0 amide bonds. The van der Waals surface area contributed by atoms with Crippen LogP contribution in [-0.2, 0) is 4.74 Å². The molecule has 22 heavy (non-hydrogen) atoms. The summed E-state index contributed by atoms with van der Waals surface area (Å²) in [5, 5.41) is 6.79. The zero-order valence-corrected chi connectivity index (χ0v) is 16.3. The second-order valence-corrected chi connectivity index (χ2v) is 6.42. The summed E-state index contributed by atoms with van der Waals surface area (Å²) >= 11 is 0. The number of ether oxygens (including phenoxy) is 1. The minimum Gasteiger partial charge on any atom is -0.380 e. The number of nitrogens with one attached hydrogen (secondary N) is 2. The van der Waals surface area contributed by atoms with Gasteiger partial charge < -0.3 is 15.4 Å². The van der Waals surface area contributed by atoms with Gasteiger partial charge >= 0.3 is 0 Å². The number of hydrogen-bond acceptors (Lipinski definition) is 2. The summed E-state index contributed by atoms with van der Waals surface area (Å²) in [6, 6.07) is 8.72. The highest BCUT2D eigenvalue weighted by Gasteiger charge is 2.33. The topological polar surface area (TPSA) is 45.7 Å². The molecule has 1 atom stereocenters. The first kappa shape index (κ1) is 19.2. The van der Waals surface area contributed by atoms with Gasteiger partial charge in [-0.15, -0.1) is 24.0 Å². The van der Waals surface area contributed by atoms with Crippen molar-refractivity contribution in [1.82, 2.24) is 10.6 Å². The van der Waals surface area contributed by atoms with E-state index in [9.17, 15) is 0 Å². The minimum atomic E-state index is 0. The van der Waals surface area contributed by atoms with Crippen molar-refractivity contribution in [3.8, 4) is 0 Å². The molecule has 124 valence electrons. The van der Waals surface area contributed by atoms with Crippen molar-refractivity contribution in [2.24, 2.45) is 10.4 Å². The highest BCUT2D eigenvalue weighted by molar-refractivity contribution is 14.0. The Morgan fingerprint density at radius 1 is 1.27 bits per heavy atom. The Hall–Kier alpha value is -0.820. The molecule has 0 saturated carbocycles. The van der Waals surface area contributed by atoms with Gasteiger partial charge in [-0.3, -0.25) is 4.99 Å². The normalized spacial score (nSPS) is 17.9. The van der Waals surface area contributed by atoms with Gasteiger partial charge in [0.2, 0.25) is 0 Å².